The number of hydrogen-bond acceptors (Lipinski definition) is 1. The first-order chi connectivity index (χ1) is 8.22. The number of carboxylic acids is 1. The van der Waals surface area contributed by atoms with E-state index in [0.29, 0.717) is 6.42 Å². The maximum Gasteiger partial charge on any atom is 0.303 e. The first kappa shape index (κ1) is 14.5. The van der Waals surface area contributed by atoms with Crippen LogP contribution >= 0.6 is 0 Å². The van der Waals surface area contributed by atoms with Crippen LogP contribution in [0.3, 0.4) is 0 Å². The van der Waals surface area contributed by atoms with Crippen LogP contribution in [0.4, 0.5) is 0 Å². The Labute approximate surface area is 106 Å². The number of rotatable bonds is 8. The Morgan fingerprint density at radius 1 is 1.00 bits per heavy atom. The standard InChI is InChI=1S/C15H28O2/c1-2-3-4-6-13-9-11-14(12-10-13)7-5-8-15(16)17/h13-14H,2-12H2,1H3,(H,16,17). The molecule has 0 aromatic carbocycles. The number of carboxylic acid groups (broad SMARTS) is 1. The van der Waals surface area contributed by atoms with E-state index in [1.54, 1.807) is 0 Å². The van der Waals surface area contributed by atoms with E-state index in [9.17, 15) is 4.79 Å². The van der Waals surface area contributed by atoms with Crippen LogP contribution in [0.25, 0.3) is 0 Å². The van der Waals surface area contributed by atoms with Gasteiger partial charge in [-0.3, -0.25) is 4.79 Å². The topological polar surface area (TPSA) is 37.3 Å². The van der Waals surface area contributed by atoms with Gasteiger partial charge in [0, 0.05) is 6.42 Å². The van der Waals surface area contributed by atoms with Crippen LogP contribution in [0.1, 0.15) is 77.6 Å². The third-order valence-electron chi connectivity index (χ3n) is 4.19. The molecule has 0 bridgehead atoms. The van der Waals surface area contributed by atoms with Gasteiger partial charge in [-0.25, -0.2) is 0 Å². The fourth-order valence-electron chi connectivity index (χ4n) is 3.03. The zero-order valence-corrected chi connectivity index (χ0v) is 11.3. The highest BCUT2D eigenvalue weighted by atomic mass is 16.4. The molecule has 1 saturated carbocycles. The quantitative estimate of drug-likeness (QED) is 0.628. The van der Waals surface area contributed by atoms with E-state index in [-0.39, 0.29) is 0 Å². The molecule has 2 heteroatoms. The molecule has 0 radical (unpaired) electrons. The fourth-order valence-corrected chi connectivity index (χ4v) is 3.03. The van der Waals surface area contributed by atoms with E-state index in [0.717, 1.165) is 24.7 Å². The van der Waals surface area contributed by atoms with E-state index in [1.165, 1.54) is 51.4 Å². The lowest BCUT2D eigenvalue weighted by molar-refractivity contribution is -0.137. The highest BCUT2D eigenvalue weighted by Crippen LogP contribution is 2.34. The Kier molecular flexibility index (Phi) is 7.30. The van der Waals surface area contributed by atoms with E-state index in [2.05, 4.69) is 6.92 Å². The van der Waals surface area contributed by atoms with Gasteiger partial charge in [-0.05, 0) is 24.7 Å². The molecule has 0 unspecified atom stereocenters. The minimum Gasteiger partial charge on any atom is -0.481 e. The summed E-state index contributed by atoms with van der Waals surface area (Å²) in [6.45, 7) is 2.26. The second kappa shape index (κ2) is 8.54. The van der Waals surface area contributed by atoms with E-state index < -0.39 is 5.97 Å². The Hall–Kier alpha value is -0.530. The summed E-state index contributed by atoms with van der Waals surface area (Å²) in [7, 11) is 0. The smallest absolute Gasteiger partial charge is 0.303 e. The molecule has 2 nitrogen and oxygen atoms in total. The summed E-state index contributed by atoms with van der Waals surface area (Å²) in [5.74, 6) is 1.15. The SMILES string of the molecule is CCCCCC1CCC(CCCC(=O)O)CC1. The van der Waals surface area contributed by atoms with Gasteiger partial charge in [-0.15, -0.1) is 0 Å². The molecule has 17 heavy (non-hydrogen) atoms. The van der Waals surface area contributed by atoms with Crippen LogP contribution < -0.4 is 0 Å². The molecule has 0 spiro atoms. The van der Waals surface area contributed by atoms with Crippen molar-refractivity contribution in [3.8, 4) is 0 Å². The average Bonchev–Trinajstić information content (AvgIpc) is 2.31. The molecule has 0 atom stereocenters. The second-order valence-electron chi connectivity index (χ2n) is 5.67. The van der Waals surface area contributed by atoms with Crippen molar-refractivity contribution >= 4 is 5.97 Å². The molecule has 1 aliphatic carbocycles. The third-order valence-corrected chi connectivity index (χ3v) is 4.19. The van der Waals surface area contributed by atoms with Gasteiger partial charge in [0.05, 0.1) is 0 Å². The minimum absolute atomic E-state index is 0.358. The zero-order chi connectivity index (χ0) is 12.5. The van der Waals surface area contributed by atoms with Crippen molar-refractivity contribution in [1.82, 2.24) is 0 Å². The molecule has 100 valence electrons. The van der Waals surface area contributed by atoms with Crippen LogP contribution in [0.5, 0.6) is 0 Å². The van der Waals surface area contributed by atoms with Crippen molar-refractivity contribution in [1.29, 1.82) is 0 Å². The molecule has 0 aromatic rings. The van der Waals surface area contributed by atoms with Crippen LogP contribution in [0, 0.1) is 11.8 Å². The minimum atomic E-state index is -0.641. The number of carbonyl (C=O) groups is 1. The van der Waals surface area contributed by atoms with Crippen molar-refractivity contribution in [2.24, 2.45) is 11.8 Å². The molecule has 0 saturated heterocycles. The van der Waals surface area contributed by atoms with Crippen LogP contribution in [0.2, 0.25) is 0 Å². The molecular formula is C15H28O2. The van der Waals surface area contributed by atoms with Gasteiger partial charge in [0.2, 0.25) is 0 Å². The molecule has 1 rings (SSSR count). The van der Waals surface area contributed by atoms with Gasteiger partial charge in [-0.2, -0.15) is 0 Å². The Morgan fingerprint density at radius 3 is 2.00 bits per heavy atom. The molecule has 1 fully saturated rings. The molecule has 0 heterocycles. The van der Waals surface area contributed by atoms with Crippen molar-refractivity contribution in [2.75, 3.05) is 0 Å². The normalized spacial score (nSPS) is 24.8. The lowest BCUT2D eigenvalue weighted by Crippen LogP contribution is -2.14. The molecule has 0 aliphatic heterocycles. The maximum atomic E-state index is 10.4. The maximum absolute atomic E-state index is 10.4. The van der Waals surface area contributed by atoms with Crippen LogP contribution in [0.15, 0.2) is 0 Å². The van der Waals surface area contributed by atoms with Gasteiger partial charge < -0.3 is 5.11 Å². The van der Waals surface area contributed by atoms with Crippen molar-refractivity contribution in [3.63, 3.8) is 0 Å². The van der Waals surface area contributed by atoms with Crippen molar-refractivity contribution < 1.29 is 9.90 Å². The predicted molar refractivity (Wildman–Crippen MR) is 71.1 cm³/mol. The van der Waals surface area contributed by atoms with Gasteiger partial charge in [0.1, 0.15) is 0 Å². The Bertz CT molecular complexity index is 205. The first-order valence-corrected chi connectivity index (χ1v) is 7.44. The predicted octanol–water partition coefficient (Wildman–Crippen LogP) is 4.63. The van der Waals surface area contributed by atoms with E-state index in [4.69, 9.17) is 5.11 Å². The largest absolute Gasteiger partial charge is 0.481 e. The first-order valence-electron chi connectivity index (χ1n) is 7.44. The Balaban J connectivity index is 2.03. The summed E-state index contributed by atoms with van der Waals surface area (Å²) >= 11 is 0. The van der Waals surface area contributed by atoms with Crippen molar-refractivity contribution in [2.45, 2.75) is 77.6 Å². The molecule has 0 aromatic heterocycles. The van der Waals surface area contributed by atoms with Gasteiger partial charge >= 0.3 is 5.97 Å². The lowest BCUT2D eigenvalue weighted by Gasteiger charge is -2.28. The summed E-state index contributed by atoms with van der Waals surface area (Å²) in [5, 5.41) is 8.61. The van der Waals surface area contributed by atoms with Crippen molar-refractivity contribution in [3.05, 3.63) is 0 Å². The number of aliphatic carboxylic acids is 1. The lowest BCUT2D eigenvalue weighted by atomic mass is 9.78. The summed E-state index contributed by atoms with van der Waals surface area (Å²) in [6, 6.07) is 0. The number of hydrogen-bond donors (Lipinski definition) is 1. The molecule has 1 aliphatic rings. The monoisotopic (exact) mass is 240 g/mol. The van der Waals surface area contributed by atoms with Crippen LogP contribution in [-0.2, 0) is 4.79 Å². The van der Waals surface area contributed by atoms with E-state index in [1.807, 2.05) is 0 Å². The summed E-state index contributed by atoms with van der Waals surface area (Å²) in [6.07, 6.45) is 13.4. The molecule has 0 amide bonds. The van der Waals surface area contributed by atoms with Gasteiger partial charge in [0.25, 0.3) is 0 Å². The average molecular weight is 240 g/mol. The van der Waals surface area contributed by atoms with Gasteiger partial charge in [0.15, 0.2) is 0 Å². The number of unbranched alkanes of at least 4 members (excludes halogenated alkanes) is 2. The fraction of sp³-hybridized carbons (Fsp3) is 0.933. The summed E-state index contributed by atoms with van der Waals surface area (Å²) in [5.41, 5.74) is 0. The Morgan fingerprint density at radius 2 is 1.53 bits per heavy atom. The van der Waals surface area contributed by atoms with Crippen LogP contribution in [-0.4, -0.2) is 11.1 Å². The summed E-state index contributed by atoms with van der Waals surface area (Å²) < 4.78 is 0. The summed E-state index contributed by atoms with van der Waals surface area (Å²) in [4.78, 5) is 10.4. The molecule has 1 N–H and O–H groups in total. The second-order valence-corrected chi connectivity index (χ2v) is 5.67. The molecular weight excluding hydrogens is 212 g/mol. The van der Waals surface area contributed by atoms with E-state index >= 15 is 0 Å². The van der Waals surface area contributed by atoms with Gasteiger partial charge in [-0.1, -0.05) is 58.3 Å². The highest BCUT2D eigenvalue weighted by Gasteiger charge is 2.20. The third kappa shape index (κ3) is 6.70. The zero-order valence-electron chi connectivity index (χ0n) is 11.3. The highest BCUT2D eigenvalue weighted by molar-refractivity contribution is 5.66.